The average molecular weight is 353 g/mol. The molecule has 0 aliphatic rings. The maximum Gasteiger partial charge on any atom is 0.416 e. The Bertz CT molecular complexity index is 727. The molecule has 2 aromatic carbocycles. The summed E-state index contributed by atoms with van der Waals surface area (Å²) in [5, 5.41) is 2.72. The third-order valence-corrected chi connectivity index (χ3v) is 3.63. The second-order valence-electron chi connectivity index (χ2n) is 5.27. The first-order chi connectivity index (χ1) is 11.8. The number of nitrogens with one attached hydrogen (secondary N) is 1. The molecule has 0 spiro atoms. The van der Waals surface area contributed by atoms with Crippen LogP contribution in [0.3, 0.4) is 0 Å². The van der Waals surface area contributed by atoms with Gasteiger partial charge in [-0.1, -0.05) is 12.1 Å². The van der Waals surface area contributed by atoms with E-state index in [-0.39, 0.29) is 5.91 Å². The molecule has 7 heteroatoms. The Labute approximate surface area is 143 Å². The summed E-state index contributed by atoms with van der Waals surface area (Å²) in [5.41, 5.74) is 0.369. The van der Waals surface area contributed by atoms with Gasteiger partial charge in [-0.05, 0) is 36.2 Å². The van der Waals surface area contributed by atoms with E-state index in [1.165, 1.54) is 26.4 Å². The third-order valence-electron chi connectivity index (χ3n) is 3.63. The van der Waals surface area contributed by atoms with Gasteiger partial charge < -0.3 is 14.8 Å². The number of amides is 1. The van der Waals surface area contributed by atoms with E-state index in [1.807, 2.05) is 0 Å². The lowest BCUT2D eigenvalue weighted by Crippen LogP contribution is -2.26. The molecule has 1 amide bonds. The van der Waals surface area contributed by atoms with Crippen molar-refractivity contribution in [1.82, 2.24) is 5.32 Å². The van der Waals surface area contributed by atoms with E-state index in [0.29, 0.717) is 35.6 Å². The lowest BCUT2D eigenvalue weighted by molar-refractivity contribution is -0.137. The van der Waals surface area contributed by atoms with Gasteiger partial charge in [0.05, 0.1) is 25.3 Å². The molecule has 1 N–H and O–H groups in total. The fourth-order valence-electron chi connectivity index (χ4n) is 2.26. The van der Waals surface area contributed by atoms with Crippen LogP contribution in [0.25, 0.3) is 0 Å². The summed E-state index contributed by atoms with van der Waals surface area (Å²) in [4.78, 5) is 12.2. The molecule has 2 rings (SSSR count). The summed E-state index contributed by atoms with van der Waals surface area (Å²) in [5.74, 6) is 0.621. The molecule has 0 fully saturated rings. The van der Waals surface area contributed by atoms with Crippen molar-refractivity contribution in [3.05, 3.63) is 59.2 Å². The van der Waals surface area contributed by atoms with Crippen LogP contribution in [0.4, 0.5) is 13.2 Å². The van der Waals surface area contributed by atoms with Crippen LogP contribution in [0.1, 0.15) is 21.5 Å². The first-order valence-corrected chi connectivity index (χ1v) is 7.51. The van der Waals surface area contributed by atoms with Crippen LogP contribution in [-0.4, -0.2) is 26.7 Å². The Morgan fingerprint density at radius 2 is 1.72 bits per heavy atom. The van der Waals surface area contributed by atoms with Crippen LogP contribution >= 0.6 is 0 Å². The number of alkyl halides is 3. The smallest absolute Gasteiger partial charge is 0.416 e. The number of ether oxygens (including phenoxy) is 2. The van der Waals surface area contributed by atoms with Crippen molar-refractivity contribution < 1.29 is 27.4 Å². The van der Waals surface area contributed by atoms with E-state index >= 15 is 0 Å². The standard InChI is InChI=1S/C18H18F3NO3/c1-24-14-7-8-15(16(11-14)25-2)17(23)22-10-9-12-3-5-13(6-4-12)18(19,20)21/h3-8,11H,9-10H2,1-2H3,(H,22,23). The van der Waals surface area contributed by atoms with Crippen LogP contribution in [0.15, 0.2) is 42.5 Å². The van der Waals surface area contributed by atoms with Gasteiger partial charge in [-0.2, -0.15) is 13.2 Å². The molecular formula is C18H18F3NO3. The van der Waals surface area contributed by atoms with Crippen molar-refractivity contribution in [2.75, 3.05) is 20.8 Å². The number of carbonyl (C=O) groups is 1. The predicted octanol–water partition coefficient (Wildman–Crippen LogP) is 3.70. The number of benzene rings is 2. The van der Waals surface area contributed by atoms with E-state index in [2.05, 4.69) is 5.32 Å². The highest BCUT2D eigenvalue weighted by atomic mass is 19.4. The number of carbonyl (C=O) groups excluding carboxylic acids is 1. The Balaban J connectivity index is 1.94. The molecule has 0 aliphatic carbocycles. The van der Waals surface area contributed by atoms with Crippen LogP contribution in [0.2, 0.25) is 0 Å². The highest BCUT2D eigenvalue weighted by Gasteiger charge is 2.29. The van der Waals surface area contributed by atoms with Gasteiger partial charge in [0.2, 0.25) is 0 Å². The first-order valence-electron chi connectivity index (χ1n) is 7.51. The average Bonchev–Trinajstić information content (AvgIpc) is 2.60. The predicted molar refractivity (Wildman–Crippen MR) is 87.0 cm³/mol. The molecule has 0 atom stereocenters. The molecule has 0 saturated heterocycles. The minimum absolute atomic E-state index is 0.291. The Hall–Kier alpha value is -2.70. The fraction of sp³-hybridized carbons (Fsp3) is 0.278. The number of hydrogen-bond donors (Lipinski definition) is 1. The van der Waals surface area contributed by atoms with E-state index in [1.54, 1.807) is 18.2 Å². The number of rotatable bonds is 6. The summed E-state index contributed by atoms with van der Waals surface area (Å²) in [6.07, 6.45) is -3.93. The van der Waals surface area contributed by atoms with Gasteiger partial charge in [-0.25, -0.2) is 0 Å². The molecule has 0 bridgehead atoms. The zero-order valence-corrected chi connectivity index (χ0v) is 13.8. The van der Waals surface area contributed by atoms with Gasteiger partial charge in [0.15, 0.2) is 0 Å². The van der Waals surface area contributed by atoms with E-state index in [9.17, 15) is 18.0 Å². The lowest BCUT2D eigenvalue weighted by Gasteiger charge is -2.11. The summed E-state index contributed by atoms with van der Waals surface area (Å²) in [7, 11) is 2.96. The number of methoxy groups -OCH3 is 2. The normalized spacial score (nSPS) is 11.1. The molecular weight excluding hydrogens is 335 g/mol. The third kappa shape index (κ3) is 4.89. The summed E-state index contributed by atoms with van der Waals surface area (Å²) in [6.45, 7) is 0.291. The van der Waals surface area contributed by atoms with Gasteiger partial charge >= 0.3 is 6.18 Å². The van der Waals surface area contributed by atoms with Crippen molar-refractivity contribution in [3.63, 3.8) is 0 Å². The number of hydrogen-bond acceptors (Lipinski definition) is 3. The van der Waals surface area contributed by atoms with Crippen molar-refractivity contribution in [2.45, 2.75) is 12.6 Å². The minimum Gasteiger partial charge on any atom is -0.497 e. The van der Waals surface area contributed by atoms with Gasteiger partial charge in [0, 0.05) is 12.6 Å². The van der Waals surface area contributed by atoms with Crippen molar-refractivity contribution in [2.24, 2.45) is 0 Å². The molecule has 0 radical (unpaired) electrons. The Morgan fingerprint density at radius 1 is 1.04 bits per heavy atom. The van der Waals surface area contributed by atoms with E-state index < -0.39 is 11.7 Å². The minimum atomic E-state index is -4.35. The molecule has 134 valence electrons. The van der Waals surface area contributed by atoms with Crippen LogP contribution in [0, 0.1) is 0 Å². The monoisotopic (exact) mass is 353 g/mol. The van der Waals surface area contributed by atoms with Crippen molar-refractivity contribution in [3.8, 4) is 11.5 Å². The maximum absolute atomic E-state index is 12.5. The first kappa shape index (κ1) is 18.6. The molecule has 25 heavy (non-hydrogen) atoms. The molecule has 0 unspecified atom stereocenters. The molecule has 4 nitrogen and oxygen atoms in total. The lowest BCUT2D eigenvalue weighted by atomic mass is 10.1. The van der Waals surface area contributed by atoms with Gasteiger partial charge in [0.1, 0.15) is 11.5 Å². The SMILES string of the molecule is COc1ccc(C(=O)NCCc2ccc(C(F)(F)F)cc2)c(OC)c1. The second kappa shape index (κ2) is 7.92. The van der Waals surface area contributed by atoms with Crippen molar-refractivity contribution in [1.29, 1.82) is 0 Å². The zero-order chi connectivity index (χ0) is 18.4. The van der Waals surface area contributed by atoms with Crippen LogP contribution in [-0.2, 0) is 12.6 Å². The summed E-state index contributed by atoms with van der Waals surface area (Å²) >= 11 is 0. The van der Waals surface area contributed by atoms with Gasteiger partial charge in [-0.3, -0.25) is 4.79 Å². The fourth-order valence-corrected chi connectivity index (χ4v) is 2.26. The van der Waals surface area contributed by atoms with Crippen molar-refractivity contribution >= 4 is 5.91 Å². The Kier molecular flexibility index (Phi) is 5.90. The molecule has 2 aromatic rings. The summed E-state index contributed by atoms with van der Waals surface area (Å²) < 4.78 is 47.8. The molecule has 0 aromatic heterocycles. The molecule has 0 aliphatic heterocycles. The largest absolute Gasteiger partial charge is 0.497 e. The topological polar surface area (TPSA) is 47.6 Å². The number of halogens is 3. The van der Waals surface area contributed by atoms with E-state index in [4.69, 9.17) is 9.47 Å². The van der Waals surface area contributed by atoms with E-state index in [0.717, 1.165) is 12.1 Å². The van der Waals surface area contributed by atoms with Crippen LogP contribution < -0.4 is 14.8 Å². The Morgan fingerprint density at radius 3 is 2.28 bits per heavy atom. The zero-order valence-electron chi connectivity index (χ0n) is 13.8. The summed E-state index contributed by atoms with van der Waals surface area (Å²) in [6, 6.07) is 9.71. The maximum atomic E-state index is 12.5. The van der Waals surface area contributed by atoms with Gasteiger partial charge in [-0.15, -0.1) is 0 Å². The molecule has 0 saturated carbocycles. The highest BCUT2D eigenvalue weighted by Crippen LogP contribution is 2.29. The van der Waals surface area contributed by atoms with Gasteiger partial charge in [0.25, 0.3) is 5.91 Å². The van der Waals surface area contributed by atoms with Crippen LogP contribution in [0.5, 0.6) is 11.5 Å². The quantitative estimate of drug-likeness (QED) is 0.862. The second-order valence-corrected chi connectivity index (χ2v) is 5.27. The highest BCUT2D eigenvalue weighted by molar-refractivity contribution is 5.97. The molecule has 0 heterocycles.